The number of nitrogens with zero attached hydrogens (tertiary/aromatic N) is 1. The molecule has 1 rings (SSSR count). The van der Waals surface area contributed by atoms with Crippen LogP contribution >= 0.6 is 0 Å². The molecule has 0 saturated carbocycles. The molecule has 0 aliphatic rings. The molecule has 1 heterocycles. The monoisotopic (exact) mass is 658 g/mol. The summed E-state index contributed by atoms with van der Waals surface area (Å²) < 4.78 is 2.65. The third-order valence-corrected chi connectivity index (χ3v) is 11.1. The van der Waals surface area contributed by atoms with Crippen molar-refractivity contribution in [3.8, 4) is 0 Å². The van der Waals surface area contributed by atoms with Crippen LogP contribution in [0, 0.1) is 0 Å². The highest BCUT2D eigenvalue weighted by molar-refractivity contribution is 4.90. The lowest BCUT2D eigenvalue weighted by Gasteiger charge is -2.17. The molecule has 1 aromatic heterocycles. The standard InChI is InChI=1S/C45H88N2/c1-5-8-11-14-17-20-23-25-26-29-32-35-38-43(4)47-42-41-46-45(47)44(39-36-33-30-27-22-19-16-13-10-7-3)40-37-34-31-28-24-21-18-15-12-9-6-2/h41-44H,5-40H2,1-4H3/p+1. The molecule has 2 heteroatoms. The number of aromatic amines is 1. The van der Waals surface area contributed by atoms with Crippen LogP contribution in [-0.2, 0) is 0 Å². The van der Waals surface area contributed by atoms with Gasteiger partial charge in [-0.1, -0.05) is 226 Å². The first-order valence-electron chi connectivity index (χ1n) is 22.3. The minimum atomic E-state index is 0.618. The van der Waals surface area contributed by atoms with Gasteiger partial charge in [0.1, 0.15) is 12.4 Å². The minimum absolute atomic E-state index is 0.618. The summed E-state index contributed by atoms with van der Waals surface area (Å²) in [5.41, 5.74) is 0. The van der Waals surface area contributed by atoms with Crippen molar-refractivity contribution < 1.29 is 4.57 Å². The highest BCUT2D eigenvalue weighted by Crippen LogP contribution is 2.27. The fourth-order valence-corrected chi connectivity index (χ4v) is 7.84. The molecule has 278 valence electrons. The van der Waals surface area contributed by atoms with Gasteiger partial charge >= 0.3 is 0 Å². The third-order valence-electron chi connectivity index (χ3n) is 11.1. The number of hydrogen-bond donors (Lipinski definition) is 1. The van der Waals surface area contributed by atoms with Gasteiger partial charge in [0.05, 0.1) is 12.0 Å². The van der Waals surface area contributed by atoms with E-state index >= 15 is 0 Å². The summed E-state index contributed by atoms with van der Waals surface area (Å²) in [6.45, 7) is 9.43. The zero-order valence-electron chi connectivity index (χ0n) is 33.2. The van der Waals surface area contributed by atoms with Crippen molar-refractivity contribution in [1.29, 1.82) is 0 Å². The molecule has 0 fully saturated rings. The van der Waals surface area contributed by atoms with E-state index in [1.165, 1.54) is 231 Å². The second kappa shape index (κ2) is 35.1. The average molecular weight is 658 g/mol. The molecular formula is C45H89N2+. The first kappa shape index (κ1) is 44.2. The van der Waals surface area contributed by atoms with Crippen LogP contribution in [0.25, 0.3) is 0 Å². The van der Waals surface area contributed by atoms with Crippen LogP contribution in [0.2, 0.25) is 0 Å². The summed E-state index contributed by atoms with van der Waals surface area (Å²) in [5.74, 6) is 2.25. The molecule has 0 radical (unpaired) electrons. The Morgan fingerprint density at radius 2 is 0.681 bits per heavy atom. The fraction of sp³-hybridized carbons (Fsp3) is 0.933. The van der Waals surface area contributed by atoms with E-state index < -0.39 is 0 Å². The first-order valence-corrected chi connectivity index (χ1v) is 22.3. The Kier molecular flexibility index (Phi) is 33.0. The Balaban J connectivity index is 2.39. The lowest BCUT2D eigenvalue weighted by atomic mass is 9.92. The number of aromatic nitrogens is 2. The second-order valence-corrected chi connectivity index (χ2v) is 15.8. The molecule has 1 aromatic rings. The molecule has 1 N–H and O–H groups in total. The van der Waals surface area contributed by atoms with Gasteiger partial charge in [-0.25, -0.2) is 9.55 Å². The van der Waals surface area contributed by atoms with Crippen molar-refractivity contribution in [2.24, 2.45) is 0 Å². The molecule has 0 bridgehead atoms. The van der Waals surface area contributed by atoms with E-state index in [2.05, 4.69) is 49.6 Å². The Labute approximate surface area is 297 Å². The molecule has 0 spiro atoms. The molecule has 47 heavy (non-hydrogen) atoms. The smallest absolute Gasteiger partial charge is 0.247 e. The average Bonchev–Trinajstić information content (AvgIpc) is 3.57. The molecule has 0 aliphatic carbocycles. The molecule has 2 unspecified atom stereocenters. The number of imidazole rings is 1. The SMILES string of the molecule is CCCCCCCCCCCCCCC(C)[n+]1cc[nH]c1C(CCCCCCCCCCCC)CCCCCCCCCCCCC. The van der Waals surface area contributed by atoms with Crippen LogP contribution in [-0.4, -0.2) is 4.98 Å². The van der Waals surface area contributed by atoms with E-state index in [-0.39, 0.29) is 0 Å². The predicted octanol–water partition coefficient (Wildman–Crippen LogP) is 16.1. The summed E-state index contributed by atoms with van der Waals surface area (Å²) in [7, 11) is 0. The molecule has 2 atom stereocenters. The molecular weight excluding hydrogens is 569 g/mol. The van der Waals surface area contributed by atoms with E-state index in [9.17, 15) is 0 Å². The van der Waals surface area contributed by atoms with E-state index in [0.29, 0.717) is 12.0 Å². The van der Waals surface area contributed by atoms with Crippen molar-refractivity contribution >= 4 is 0 Å². The maximum Gasteiger partial charge on any atom is 0.257 e. The van der Waals surface area contributed by atoms with Crippen LogP contribution in [0.4, 0.5) is 0 Å². The number of unbranched alkanes of at least 4 members (excludes halogenated alkanes) is 30. The number of H-pyrrole nitrogens is 1. The summed E-state index contributed by atoms with van der Waals surface area (Å²) in [4.78, 5) is 3.77. The Bertz CT molecular complexity index is 723. The predicted molar refractivity (Wildman–Crippen MR) is 212 cm³/mol. The largest absolute Gasteiger partial charge is 0.257 e. The quantitative estimate of drug-likeness (QED) is 0.0539. The van der Waals surface area contributed by atoms with Crippen LogP contribution in [0.1, 0.15) is 277 Å². The van der Waals surface area contributed by atoms with Gasteiger partial charge in [-0.15, -0.1) is 0 Å². The van der Waals surface area contributed by atoms with Gasteiger partial charge in [-0.3, -0.25) is 0 Å². The fourth-order valence-electron chi connectivity index (χ4n) is 7.84. The van der Waals surface area contributed by atoms with Gasteiger partial charge < -0.3 is 0 Å². The van der Waals surface area contributed by atoms with Gasteiger partial charge in [0.2, 0.25) is 0 Å². The molecule has 0 aliphatic heterocycles. The van der Waals surface area contributed by atoms with Crippen LogP contribution in [0.3, 0.4) is 0 Å². The Morgan fingerprint density at radius 3 is 1.00 bits per heavy atom. The summed E-state index contributed by atoms with van der Waals surface area (Å²) in [5, 5.41) is 0. The highest BCUT2D eigenvalue weighted by atomic mass is 15.1. The molecule has 2 nitrogen and oxygen atoms in total. The number of rotatable bonds is 38. The normalized spacial score (nSPS) is 13.0. The lowest BCUT2D eigenvalue weighted by molar-refractivity contribution is -0.727. The summed E-state index contributed by atoms with van der Waals surface area (Å²) in [6.07, 6.45) is 56.1. The number of hydrogen-bond acceptors (Lipinski definition) is 0. The van der Waals surface area contributed by atoms with Crippen molar-refractivity contribution in [2.75, 3.05) is 0 Å². The van der Waals surface area contributed by atoms with Gasteiger partial charge in [0.25, 0.3) is 5.82 Å². The van der Waals surface area contributed by atoms with Gasteiger partial charge in [-0.05, 0) is 32.6 Å². The molecule has 0 amide bonds. The third kappa shape index (κ3) is 26.7. The Morgan fingerprint density at radius 1 is 0.404 bits per heavy atom. The molecule has 0 aromatic carbocycles. The molecule has 0 saturated heterocycles. The van der Waals surface area contributed by atoms with Crippen molar-refractivity contribution in [3.05, 3.63) is 18.2 Å². The van der Waals surface area contributed by atoms with E-state index in [4.69, 9.17) is 0 Å². The van der Waals surface area contributed by atoms with Crippen LogP contribution < -0.4 is 4.57 Å². The van der Waals surface area contributed by atoms with Crippen molar-refractivity contribution in [2.45, 2.75) is 271 Å². The second-order valence-electron chi connectivity index (χ2n) is 15.8. The van der Waals surface area contributed by atoms with E-state index in [1.807, 2.05) is 0 Å². The van der Waals surface area contributed by atoms with E-state index in [0.717, 1.165) is 0 Å². The van der Waals surface area contributed by atoms with Crippen molar-refractivity contribution in [1.82, 2.24) is 4.98 Å². The maximum absolute atomic E-state index is 3.77. The van der Waals surface area contributed by atoms with Crippen LogP contribution in [0.5, 0.6) is 0 Å². The van der Waals surface area contributed by atoms with Gasteiger partial charge in [0.15, 0.2) is 0 Å². The zero-order valence-corrected chi connectivity index (χ0v) is 33.2. The Hall–Kier alpha value is -0.790. The number of nitrogens with one attached hydrogen (secondary N) is 1. The first-order chi connectivity index (χ1) is 23.2. The lowest BCUT2D eigenvalue weighted by Crippen LogP contribution is -2.41. The highest BCUT2D eigenvalue weighted by Gasteiger charge is 2.25. The van der Waals surface area contributed by atoms with Gasteiger partial charge in [-0.2, -0.15) is 0 Å². The zero-order chi connectivity index (χ0) is 33.9. The minimum Gasteiger partial charge on any atom is -0.247 e. The van der Waals surface area contributed by atoms with Crippen LogP contribution in [0.15, 0.2) is 12.4 Å². The van der Waals surface area contributed by atoms with E-state index in [1.54, 1.807) is 5.82 Å². The van der Waals surface area contributed by atoms with Gasteiger partial charge in [0, 0.05) is 0 Å². The topological polar surface area (TPSA) is 19.7 Å². The maximum atomic E-state index is 3.77. The summed E-state index contributed by atoms with van der Waals surface area (Å²) >= 11 is 0. The summed E-state index contributed by atoms with van der Waals surface area (Å²) in [6, 6.07) is 0.618. The van der Waals surface area contributed by atoms with Crippen molar-refractivity contribution in [3.63, 3.8) is 0 Å².